The molecule has 0 bridgehead atoms. The average molecular weight is 356 g/mol. The van der Waals surface area contributed by atoms with Crippen LogP contribution in [0.2, 0.25) is 0 Å². The normalized spacial score (nSPS) is 22.2. The zero-order valence-corrected chi connectivity index (χ0v) is 15.1. The monoisotopic (exact) mass is 356 g/mol. The van der Waals surface area contributed by atoms with Gasteiger partial charge in [-0.1, -0.05) is 6.07 Å². The van der Waals surface area contributed by atoms with E-state index in [0.29, 0.717) is 24.4 Å². The lowest BCUT2D eigenvalue weighted by Gasteiger charge is -2.21. The van der Waals surface area contributed by atoms with E-state index in [4.69, 9.17) is 9.72 Å². The lowest BCUT2D eigenvalue weighted by Crippen LogP contribution is -2.23. The summed E-state index contributed by atoms with van der Waals surface area (Å²) in [6, 6.07) is 4.02. The predicted molar refractivity (Wildman–Crippen MR) is 96.0 cm³/mol. The van der Waals surface area contributed by atoms with Crippen molar-refractivity contribution in [3.05, 3.63) is 41.3 Å². The molecule has 2 fully saturated rings. The summed E-state index contributed by atoms with van der Waals surface area (Å²) in [5, 5.41) is 14.4. The number of nitrogens with zero attached hydrogens (tertiary/aromatic N) is 4. The number of aliphatic hydroxyl groups excluding tert-OH is 1. The van der Waals surface area contributed by atoms with Crippen LogP contribution in [0.3, 0.4) is 0 Å². The maximum absolute atomic E-state index is 11.8. The Morgan fingerprint density at radius 2 is 2.15 bits per heavy atom. The number of piperidine rings is 1. The third-order valence-corrected chi connectivity index (χ3v) is 5.17. The van der Waals surface area contributed by atoms with Crippen molar-refractivity contribution in [1.82, 2.24) is 14.8 Å². The number of aliphatic hydroxyl groups is 1. The van der Waals surface area contributed by atoms with E-state index in [2.05, 4.69) is 10.00 Å². The molecule has 2 aliphatic rings. The second-order valence-electron chi connectivity index (χ2n) is 7.20. The Morgan fingerprint density at radius 3 is 2.85 bits per heavy atom. The Kier molecular flexibility index (Phi) is 4.40. The zero-order chi connectivity index (χ0) is 18.3. The van der Waals surface area contributed by atoms with Gasteiger partial charge < -0.3 is 14.7 Å². The Bertz CT molecular complexity index is 807. The second-order valence-corrected chi connectivity index (χ2v) is 7.20. The van der Waals surface area contributed by atoms with E-state index in [-0.39, 0.29) is 5.97 Å². The summed E-state index contributed by atoms with van der Waals surface area (Å²) in [5.74, 6) is 2.22. The number of esters is 1. The fourth-order valence-corrected chi connectivity index (χ4v) is 3.69. The largest absolute Gasteiger partial charge is 0.462 e. The topological polar surface area (TPSA) is 80.5 Å². The van der Waals surface area contributed by atoms with Crippen LogP contribution in [-0.2, 0) is 11.3 Å². The number of ether oxygens (including phenoxy) is 1. The first-order valence-corrected chi connectivity index (χ1v) is 9.17. The number of hydrogen-bond acceptors (Lipinski definition) is 6. The van der Waals surface area contributed by atoms with Gasteiger partial charge in [0.25, 0.3) is 0 Å². The van der Waals surface area contributed by atoms with Gasteiger partial charge in [-0.15, -0.1) is 0 Å². The number of carbonyl (C=O) groups excluding carboxylic acids is 1. The van der Waals surface area contributed by atoms with Crippen molar-refractivity contribution in [2.45, 2.75) is 32.9 Å². The molecule has 3 atom stereocenters. The van der Waals surface area contributed by atoms with Crippen molar-refractivity contribution in [2.24, 2.45) is 11.8 Å². The standard InChI is InChI=1S/C19H24N4O3/c1-3-26-19(25)16-7-20-23(11-16)10-13-4-5-17(21-18(13)12(2)24)22-8-14-6-15(14)9-22/h4-5,7,11-12,14-15,24H,3,6,8-10H2,1-2H3/t12?,14-,15?/m0/s1. The molecule has 0 aromatic carbocycles. The van der Waals surface area contributed by atoms with E-state index in [0.717, 1.165) is 36.3 Å². The van der Waals surface area contributed by atoms with Gasteiger partial charge in [-0.3, -0.25) is 4.68 Å². The molecule has 0 spiro atoms. The summed E-state index contributed by atoms with van der Waals surface area (Å²) in [7, 11) is 0. The van der Waals surface area contributed by atoms with Crippen LogP contribution in [-0.4, -0.2) is 45.5 Å². The molecule has 4 rings (SSSR count). The molecule has 7 heteroatoms. The smallest absolute Gasteiger partial charge is 0.341 e. The van der Waals surface area contributed by atoms with Crippen molar-refractivity contribution < 1.29 is 14.6 Å². The fourth-order valence-electron chi connectivity index (χ4n) is 3.69. The van der Waals surface area contributed by atoms with Gasteiger partial charge in [0.15, 0.2) is 0 Å². The predicted octanol–water partition coefficient (Wildman–Crippen LogP) is 2.01. The fraction of sp³-hybridized carbons (Fsp3) is 0.526. The highest BCUT2D eigenvalue weighted by Gasteiger charge is 2.45. The van der Waals surface area contributed by atoms with E-state index in [9.17, 15) is 9.90 Å². The highest BCUT2D eigenvalue weighted by molar-refractivity contribution is 5.88. The molecule has 1 aliphatic heterocycles. The van der Waals surface area contributed by atoms with Crippen LogP contribution >= 0.6 is 0 Å². The number of aromatic nitrogens is 3. The number of hydrogen-bond donors (Lipinski definition) is 1. The lowest BCUT2D eigenvalue weighted by atomic mass is 10.1. The molecule has 0 amide bonds. The number of rotatable bonds is 6. The molecule has 2 aromatic heterocycles. The highest BCUT2D eigenvalue weighted by Crippen LogP contribution is 2.46. The third-order valence-electron chi connectivity index (χ3n) is 5.17. The second kappa shape index (κ2) is 6.72. The molecule has 2 aromatic rings. The van der Waals surface area contributed by atoms with Gasteiger partial charge in [0.05, 0.1) is 36.7 Å². The van der Waals surface area contributed by atoms with Crippen LogP contribution in [0.25, 0.3) is 0 Å². The van der Waals surface area contributed by atoms with E-state index in [1.807, 2.05) is 12.1 Å². The summed E-state index contributed by atoms with van der Waals surface area (Å²) < 4.78 is 6.65. The van der Waals surface area contributed by atoms with Crippen LogP contribution in [0.1, 0.15) is 48.0 Å². The molecular formula is C19H24N4O3. The molecule has 26 heavy (non-hydrogen) atoms. The van der Waals surface area contributed by atoms with Gasteiger partial charge in [-0.05, 0) is 43.7 Å². The van der Waals surface area contributed by atoms with Crippen LogP contribution in [0.5, 0.6) is 0 Å². The molecule has 2 unspecified atom stereocenters. The number of pyridine rings is 1. The summed E-state index contributed by atoms with van der Waals surface area (Å²) >= 11 is 0. The molecule has 1 saturated heterocycles. The maximum atomic E-state index is 11.8. The lowest BCUT2D eigenvalue weighted by molar-refractivity contribution is 0.0526. The zero-order valence-electron chi connectivity index (χ0n) is 15.1. The summed E-state index contributed by atoms with van der Waals surface area (Å²) in [5.41, 5.74) is 1.98. The quantitative estimate of drug-likeness (QED) is 0.798. The Balaban J connectivity index is 1.53. The van der Waals surface area contributed by atoms with E-state index < -0.39 is 6.10 Å². The molecule has 1 N–H and O–H groups in total. The van der Waals surface area contributed by atoms with Gasteiger partial charge in [-0.25, -0.2) is 9.78 Å². The SMILES string of the molecule is CCOC(=O)c1cnn(Cc2ccc(N3CC4C[C@H]4C3)nc2C(C)O)c1. The summed E-state index contributed by atoms with van der Waals surface area (Å²) in [4.78, 5) is 18.8. The Morgan fingerprint density at radius 1 is 1.38 bits per heavy atom. The van der Waals surface area contributed by atoms with Crippen molar-refractivity contribution in [3.8, 4) is 0 Å². The van der Waals surface area contributed by atoms with Crippen LogP contribution in [0.4, 0.5) is 5.82 Å². The summed E-state index contributed by atoms with van der Waals surface area (Å²) in [6.07, 6.45) is 3.84. The van der Waals surface area contributed by atoms with E-state index in [1.165, 1.54) is 12.6 Å². The molecule has 0 radical (unpaired) electrons. The van der Waals surface area contributed by atoms with Gasteiger partial charge in [0.1, 0.15) is 5.82 Å². The van der Waals surface area contributed by atoms with E-state index >= 15 is 0 Å². The minimum Gasteiger partial charge on any atom is -0.462 e. The first-order chi connectivity index (χ1) is 12.5. The van der Waals surface area contributed by atoms with Crippen LogP contribution in [0.15, 0.2) is 24.5 Å². The first kappa shape index (κ1) is 17.0. The van der Waals surface area contributed by atoms with Gasteiger partial charge >= 0.3 is 5.97 Å². The van der Waals surface area contributed by atoms with Gasteiger partial charge in [0, 0.05) is 19.3 Å². The van der Waals surface area contributed by atoms with Gasteiger partial charge in [-0.2, -0.15) is 5.10 Å². The number of fused-ring (bicyclic) bond motifs is 1. The molecule has 138 valence electrons. The number of carbonyl (C=O) groups is 1. The van der Waals surface area contributed by atoms with Crippen molar-refractivity contribution in [1.29, 1.82) is 0 Å². The Hall–Kier alpha value is -2.41. The molecule has 7 nitrogen and oxygen atoms in total. The average Bonchev–Trinajstić information content (AvgIpc) is 3.02. The van der Waals surface area contributed by atoms with Crippen LogP contribution < -0.4 is 4.90 Å². The highest BCUT2D eigenvalue weighted by atomic mass is 16.5. The minimum atomic E-state index is -0.665. The van der Waals surface area contributed by atoms with Crippen molar-refractivity contribution in [3.63, 3.8) is 0 Å². The summed E-state index contributed by atoms with van der Waals surface area (Å²) in [6.45, 7) is 6.41. The van der Waals surface area contributed by atoms with Crippen LogP contribution in [0, 0.1) is 11.8 Å². The van der Waals surface area contributed by atoms with E-state index in [1.54, 1.807) is 24.7 Å². The minimum absolute atomic E-state index is 0.333. The molecular weight excluding hydrogens is 332 g/mol. The number of anilines is 1. The van der Waals surface area contributed by atoms with Crippen molar-refractivity contribution in [2.75, 3.05) is 24.6 Å². The molecule has 3 heterocycles. The molecule has 1 saturated carbocycles. The first-order valence-electron chi connectivity index (χ1n) is 9.17. The van der Waals surface area contributed by atoms with Gasteiger partial charge in [0.2, 0.25) is 0 Å². The molecule has 1 aliphatic carbocycles. The third kappa shape index (κ3) is 3.31. The van der Waals surface area contributed by atoms with Crippen molar-refractivity contribution >= 4 is 11.8 Å². The maximum Gasteiger partial charge on any atom is 0.341 e. The Labute approximate surface area is 152 Å².